The van der Waals surface area contributed by atoms with Gasteiger partial charge < -0.3 is 24.1 Å². The Morgan fingerprint density at radius 1 is 1.06 bits per heavy atom. The van der Waals surface area contributed by atoms with E-state index in [4.69, 9.17) is 13.9 Å². The smallest absolute Gasteiger partial charge is 0.229 e. The fraction of sp³-hybridized carbons (Fsp3) is 0.345. The van der Waals surface area contributed by atoms with Gasteiger partial charge in [0, 0.05) is 37.2 Å². The summed E-state index contributed by atoms with van der Waals surface area (Å²) in [6.45, 7) is 2.07. The van der Waals surface area contributed by atoms with E-state index in [0.29, 0.717) is 41.6 Å². The first-order chi connectivity index (χ1) is 17.5. The Hall–Kier alpha value is -3.42. The Balaban J connectivity index is 1.54. The zero-order valence-corrected chi connectivity index (χ0v) is 21.0. The van der Waals surface area contributed by atoms with E-state index in [1.807, 2.05) is 68.7 Å². The zero-order valence-electron chi connectivity index (χ0n) is 21.0. The fourth-order valence-electron chi connectivity index (χ4n) is 4.66. The molecule has 36 heavy (non-hydrogen) atoms. The molecule has 0 saturated heterocycles. The number of aromatic nitrogens is 1. The van der Waals surface area contributed by atoms with E-state index in [2.05, 4.69) is 15.2 Å². The molecule has 5 rings (SSSR count). The van der Waals surface area contributed by atoms with E-state index in [1.165, 1.54) is 6.20 Å². The van der Waals surface area contributed by atoms with Gasteiger partial charge >= 0.3 is 0 Å². The second-order valence-corrected chi connectivity index (χ2v) is 9.50. The van der Waals surface area contributed by atoms with E-state index in [1.54, 1.807) is 7.11 Å². The third-order valence-electron chi connectivity index (χ3n) is 6.85. The number of anilines is 1. The van der Waals surface area contributed by atoms with Crippen LogP contribution >= 0.6 is 0 Å². The van der Waals surface area contributed by atoms with Crippen LogP contribution in [0.25, 0.3) is 33.6 Å². The maximum absolute atomic E-state index is 15.2. The highest BCUT2D eigenvalue weighted by Crippen LogP contribution is 2.44. The van der Waals surface area contributed by atoms with Crippen molar-refractivity contribution < 1.29 is 18.3 Å². The minimum Gasteiger partial charge on any atom is -0.492 e. The summed E-state index contributed by atoms with van der Waals surface area (Å²) >= 11 is 0. The minimum atomic E-state index is -0.398. The van der Waals surface area contributed by atoms with Gasteiger partial charge in [-0.2, -0.15) is 0 Å². The number of nitrogens with one attached hydrogen (secondary N) is 1. The van der Waals surface area contributed by atoms with E-state index < -0.39 is 5.82 Å². The molecule has 7 heteroatoms. The quantitative estimate of drug-likeness (QED) is 0.291. The van der Waals surface area contributed by atoms with Gasteiger partial charge in [0.05, 0.1) is 23.4 Å². The zero-order chi connectivity index (χ0) is 25.1. The van der Waals surface area contributed by atoms with Crippen LogP contribution in [0.1, 0.15) is 12.8 Å². The van der Waals surface area contributed by atoms with Gasteiger partial charge in [-0.3, -0.25) is 0 Å². The first kappa shape index (κ1) is 24.3. The van der Waals surface area contributed by atoms with Crippen molar-refractivity contribution in [2.75, 3.05) is 46.2 Å². The van der Waals surface area contributed by atoms with Crippen molar-refractivity contribution >= 4 is 16.8 Å². The molecule has 0 spiro atoms. The third-order valence-corrected chi connectivity index (χ3v) is 6.85. The molecule has 1 fully saturated rings. The third kappa shape index (κ3) is 4.94. The van der Waals surface area contributed by atoms with Crippen molar-refractivity contribution in [3.63, 3.8) is 0 Å². The van der Waals surface area contributed by atoms with E-state index in [-0.39, 0.29) is 6.10 Å². The van der Waals surface area contributed by atoms with Crippen molar-refractivity contribution in [3.05, 3.63) is 66.6 Å². The normalized spacial score (nSPS) is 17.4. The Kier molecular flexibility index (Phi) is 7.20. The molecule has 0 amide bonds. The molecule has 0 radical (unpaired) electrons. The predicted molar refractivity (Wildman–Crippen MR) is 141 cm³/mol. The van der Waals surface area contributed by atoms with Crippen molar-refractivity contribution in [3.8, 4) is 28.2 Å². The van der Waals surface area contributed by atoms with Gasteiger partial charge in [-0.05, 0) is 56.8 Å². The number of halogens is 1. The Bertz CT molecular complexity index is 1300. The number of nitrogens with zero attached hydrogens (tertiary/aromatic N) is 2. The van der Waals surface area contributed by atoms with Crippen molar-refractivity contribution in [2.24, 2.45) is 5.92 Å². The van der Waals surface area contributed by atoms with Crippen LogP contribution in [0.15, 0.2) is 65.2 Å². The van der Waals surface area contributed by atoms with Crippen LogP contribution < -0.4 is 10.1 Å². The highest BCUT2D eigenvalue weighted by Gasteiger charge is 2.31. The maximum atomic E-state index is 15.2. The predicted octanol–water partition coefficient (Wildman–Crippen LogP) is 6.08. The van der Waals surface area contributed by atoms with Crippen LogP contribution in [-0.2, 0) is 4.74 Å². The van der Waals surface area contributed by atoms with E-state index >= 15 is 4.39 Å². The van der Waals surface area contributed by atoms with Crippen LogP contribution in [-0.4, -0.2) is 56.9 Å². The molecular formula is C29H32FN3O3. The fourth-order valence-corrected chi connectivity index (χ4v) is 4.66. The molecule has 2 aromatic heterocycles. The van der Waals surface area contributed by atoms with Gasteiger partial charge in [-0.1, -0.05) is 30.3 Å². The van der Waals surface area contributed by atoms with Crippen molar-refractivity contribution in [2.45, 2.75) is 18.9 Å². The lowest BCUT2D eigenvalue weighted by atomic mass is 9.81. The Labute approximate surface area is 211 Å². The molecule has 0 aliphatic heterocycles. The second kappa shape index (κ2) is 10.7. The molecule has 1 N–H and O–H groups in total. The molecule has 2 aromatic carbocycles. The summed E-state index contributed by atoms with van der Waals surface area (Å²) in [7, 11) is 5.76. The van der Waals surface area contributed by atoms with Gasteiger partial charge in [-0.25, -0.2) is 9.37 Å². The summed E-state index contributed by atoms with van der Waals surface area (Å²) in [5, 5.41) is 4.01. The summed E-state index contributed by atoms with van der Waals surface area (Å²) in [4.78, 5) is 6.38. The Morgan fingerprint density at radius 3 is 2.50 bits per heavy atom. The van der Waals surface area contributed by atoms with Gasteiger partial charge in [0.1, 0.15) is 18.1 Å². The van der Waals surface area contributed by atoms with E-state index in [9.17, 15) is 0 Å². The molecule has 2 unspecified atom stereocenters. The number of fused-ring (bicyclic) bond motifs is 1. The van der Waals surface area contributed by atoms with Crippen molar-refractivity contribution in [1.82, 2.24) is 9.88 Å². The number of likely N-dealkylation sites (N-methyl/N-ethyl adjacent to an activating group) is 1. The molecule has 4 aromatic rings. The molecule has 188 valence electrons. The number of hydrogen-bond donors (Lipinski definition) is 1. The molecule has 1 aliphatic rings. The first-order valence-corrected chi connectivity index (χ1v) is 12.4. The monoisotopic (exact) mass is 489 g/mol. The summed E-state index contributed by atoms with van der Waals surface area (Å²) in [5.41, 5.74) is 3.44. The number of rotatable bonds is 10. The Morgan fingerprint density at radius 2 is 1.83 bits per heavy atom. The SMILES string of the molecule is COC1CCC1CNc1c(F)cnc2oc(-c3ccc(OCCN(C)C)cc3)c(-c3ccccc3)c12. The summed E-state index contributed by atoms with van der Waals surface area (Å²) in [5.74, 6) is 1.39. The van der Waals surface area contributed by atoms with E-state index in [0.717, 1.165) is 41.8 Å². The first-order valence-electron chi connectivity index (χ1n) is 12.4. The summed E-state index contributed by atoms with van der Waals surface area (Å²) in [6.07, 6.45) is 3.54. The molecule has 2 heterocycles. The molecule has 1 aliphatic carbocycles. The molecule has 6 nitrogen and oxygen atoms in total. The lowest BCUT2D eigenvalue weighted by molar-refractivity contribution is -0.0101. The number of pyridine rings is 1. The molecule has 2 atom stereocenters. The van der Waals surface area contributed by atoms with Gasteiger partial charge in [0.25, 0.3) is 0 Å². The van der Waals surface area contributed by atoms with Gasteiger partial charge in [-0.15, -0.1) is 0 Å². The van der Waals surface area contributed by atoms with Crippen LogP contribution in [0.4, 0.5) is 10.1 Å². The summed E-state index contributed by atoms with van der Waals surface area (Å²) in [6, 6.07) is 17.7. The highest BCUT2D eigenvalue weighted by atomic mass is 19.1. The van der Waals surface area contributed by atoms with Crippen LogP contribution in [0, 0.1) is 11.7 Å². The average Bonchev–Trinajstić information content (AvgIpc) is 3.25. The average molecular weight is 490 g/mol. The number of benzene rings is 2. The number of ether oxygens (including phenoxy) is 2. The minimum absolute atomic E-state index is 0.213. The molecular weight excluding hydrogens is 457 g/mol. The summed E-state index contributed by atoms with van der Waals surface area (Å²) < 4.78 is 32.9. The molecule has 1 saturated carbocycles. The van der Waals surface area contributed by atoms with Crippen molar-refractivity contribution in [1.29, 1.82) is 0 Å². The second-order valence-electron chi connectivity index (χ2n) is 9.50. The maximum Gasteiger partial charge on any atom is 0.229 e. The van der Waals surface area contributed by atoms with Crippen LogP contribution in [0.5, 0.6) is 5.75 Å². The number of hydrogen-bond acceptors (Lipinski definition) is 6. The standard InChI is InChI=1S/C29H32FN3O3/c1-33(2)15-16-35-22-12-9-20(10-13-22)28-25(19-7-5-4-6-8-19)26-27(23(30)18-32-29(26)36-28)31-17-21-11-14-24(21)34-3/h4-10,12-13,18,21,24H,11,14-17H2,1-3H3,(H,31,32). The largest absolute Gasteiger partial charge is 0.492 e. The number of furan rings is 1. The topological polar surface area (TPSA) is 59.8 Å². The van der Waals surface area contributed by atoms with Crippen LogP contribution in [0.2, 0.25) is 0 Å². The van der Waals surface area contributed by atoms with Gasteiger partial charge in [0.2, 0.25) is 5.71 Å². The number of methoxy groups -OCH3 is 1. The van der Waals surface area contributed by atoms with Crippen LogP contribution in [0.3, 0.4) is 0 Å². The van der Waals surface area contributed by atoms with Gasteiger partial charge in [0.15, 0.2) is 5.82 Å². The highest BCUT2D eigenvalue weighted by molar-refractivity contribution is 6.07. The molecule has 0 bridgehead atoms. The lowest BCUT2D eigenvalue weighted by Crippen LogP contribution is -2.38. The lowest BCUT2D eigenvalue weighted by Gasteiger charge is -2.35.